The summed E-state index contributed by atoms with van der Waals surface area (Å²) in [5.74, 6) is 0.823. The van der Waals surface area contributed by atoms with Crippen LogP contribution in [0.5, 0.6) is 5.75 Å². The molecule has 1 unspecified atom stereocenters. The van der Waals surface area contributed by atoms with E-state index >= 15 is 0 Å². The van der Waals surface area contributed by atoms with Gasteiger partial charge in [-0.1, -0.05) is 42.5 Å². The molecule has 0 heterocycles. The van der Waals surface area contributed by atoms with Crippen LogP contribution >= 0.6 is 0 Å². The van der Waals surface area contributed by atoms with Crippen LogP contribution in [0.2, 0.25) is 0 Å². The summed E-state index contributed by atoms with van der Waals surface area (Å²) < 4.78 is 5.31. The van der Waals surface area contributed by atoms with E-state index < -0.39 is 5.41 Å². The zero-order valence-electron chi connectivity index (χ0n) is 15.5. The molecule has 4 heteroatoms. The minimum Gasteiger partial charge on any atom is -0.497 e. The molecule has 134 valence electrons. The molecule has 0 fully saturated rings. The van der Waals surface area contributed by atoms with Crippen LogP contribution in [0.4, 0.5) is 0 Å². The SMILES string of the molecule is CNC(c1cccc(OC)c1)C(C)(C)C(=O)NCCc1ccccc1. The first-order valence-corrected chi connectivity index (χ1v) is 8.62. The summed E-state index contributed by atoms with van der Waals surface area (Å²) in [7, 11) is 3.53. The van der Waals surface area contributed by atoms with Crippen molar-refractivity contribution in [1.29, 1.82) is 0 Å². The van der Waals surface area contributed by atoms with Crippen LogP contribution < -0.4 is 15.4 Å². The number of nitrogens with one attached hydrogen (secondary N) is 2. The maximum atomic E-state index is 12.8. The highest BCUT2D eigenvalue weighted by Crippen LogP contribution is 2.34. The Morgan fingerprint density at radius 2 is 1.84 bits per heavy atom. The lowest BCUT2D eigenvalue weighted by molar-refractivity contribution is -0.130. The van der Waals surface area contributed by atoms with E-state index in [1.807, 2.05) is 63.4 Å². The number of hydrogen-bond acceptors (Lipinski definition) is 3. The first kappa shape index (κ1) is 19.0. The molecular weight excluding hydrogens is 312 g/mol. The highest BCUT2D eigenvalue weighted by Gasteiger charge is 2.36. The highest BCUT2D eigenvalue weighted by molar-refractivity contribution is 5.83. The average Bonchev–Trinajstić information content (AvgIpc) is 2.63. The predicted molar refractivity (Wildman–Crippen MR) is 102 cm³/mol. The van der Waals surface area contributed by atoms with Crippen molar-refractivity contribution in [2.75, 3.05) is 20.7 Å². The van der Waals surface area contributed by atoms with Crippen LogP contribution in [-0.4, -0.2) is 26.6 Å². The summed E-state index contributed by atoms with van der Waals surface area (Å²) in [4.78, 5) is 12.8. The van der Waals surface area contributed by atoms with Gasteiger partial charge in [-0.3, -0.25) is 4.79 Å². The van der Waals surface area contributed by atoms with Gasteiger partial charge >= 0.3 is 0 Å². The van der Waals surface area contributed by atoms with Gasteiger partial charge in [-0.05, 0) is 50.6 Å². The van der Waals surface area contributed by atoms with Gasteiger partial charge in [0.15, 0.2) is 0 Å². The summed E-state index contributed by atoms with van der Waals surface area (Å²) in [5.41, 5.74) is 1.65. The quantitative estimate of drug-likeness (QED) is 0.775. The van der Waals surface area contributed by atoms with E-state index in [1.54, 1.807) is 7.11 Å². The van der Waals surface area contributed by atoms with Crippen molar-refractivity contribution in [3.63, 3.8) is 0 Å². The zero-order chi connectivity index (χ0) is 18.3. The average molecular weight is 340 g/mol. The molecular formula is C21H28N2O2. The van der Waals surface area contributed by atoms with Gasteiger partial charge in [0.25, 0.3) is 0 Å². The van der Waals surface area contributed by atoms with Gasteiger partial charge in [-0.2, -0.15) is 0 Å². The molecule has 1 amide bonds. The molecule has 0 aliphatic rings. The van der Waals surface area contributed by atoms with Gasteiger partial charge in [0, 0.05) is 12.6 Å². The zero-order valence-corrected chi connectivity index (χ0v) is 15.5. The van der Waals surface area contributed by atoms with Gasteiger partial charge in [0.2, 0.25) is 5.91 Å². The molecule has 0 aromatic heterocycles. The molecule has 0 radical (unpaired) electrons. The maximum absolute atomic E-state index is 12.8. The highest BCUT2D eigenvalue weighted by atomic mass is 16.5. The number of amides is 1. The summed E-state index contributed by atoms with van der Waals surface area (Å²) in [6.07, 6.45) is 0.825. The van der Waals surface area contributed by atoms with Gasteiger partial charge in [0.05, 0.1) is 12.5 Å². The van der Waals surface area contributed by atoms with Crippen molar-refractivity contribution in [3.05, 3.63) is 65.7 Å². The van der Waals surface area contributed by atoms with Crippen LogP contribution in [0.15, 0.2) is 54.6 Å². The summed E-state index contributed by atoms with van der Waals surface area (Å²) in [5, 5.41) is 6.36. The van der Waals surface area contributed by atoms with E-state index in [2.05, 4.69) is 22.8 Å². The summed E-state index contributed by atoms with van der Waals surface area (Å²) >= 11 is 0. The largest absolute Gasteiger partial charge is 0.497 e. The van der Waals surface area contributed by atoms with Gasteiger partial charge in [-0.15, -0.1) is 0 Å². The van der Waals surface area contributed by atoms with Gasteiger partial charge in [-0.25, -0.2) is 0 Å². The number of benzene rings is 2. The monoisotopic (exact) mass is 340 g/mol. The van der Waals surface area contributed by atoms with E-state index in [-0.39, 0.29) is 11.9 Å². The molecule has 2 aromatic rings. The predicted octanol–water partition coefficient (Wildman–Crippen LogP) is 3.34. The normalized spacial score (nSPS) is 12.5. The number of ether oxygens (including phenoxy) is 1. The summed E-state index contributed by atoms with van der Waals surface area (Å²) in [6.45, 7) is 4.55. The molecule has 4 nitrogen and oxygen atoms in total. The van der Waals surface area contributed by atoms with E-state index in [0.717, 1.165) is 17.7 Å². The van der Waals surface area contributed by atoms with E-state index in [0.29, 0.717) is 6.54 Å². The molecule has 2 aromatic carbocycles. The molecule has 0 saturated carbocycles. The third-order valence-electron chi connectivity index (χ3n) is 4.56. The van der Waals surface area contributed by atoms with Crippen molar-refractivity contribution < 1.29 is 9.53 Å². The van der Waals surface area contributed by atoms with Gasteiger partial charge < -0.3 is 15.4 Å². The molecule has 0 spiro atoms. The van der Waals surface area contributed by atoms with Crippen LogP contribution in [-0.2, 0) is 11.2 Å². The van der Waals surface area contributed by atoms with E-state index in [1.165, 1.54) is 5.56 Å². The lowest BCUT2D eigenvalue weighted by Gasteiger charge is -2.33. The second-order valence-corrected chi connectivity index (χ2v) is 6.71. The lowest BCUT2D eigenvalue weighted by atomic mass is 9.79. The third-order valence-corrected chi connectivity index (χ3v) is 4.56. The fourth-order valence-electron chi connectivity index (χ4n) is 3.09. The topological polar surface area (TPSA) is 50.4 Å². The minimum absolute atomic E-state index is 0.0330. The van der Waals surface area contributed by atoms with E-state index in [9.17, 15) is 4.79 Å². The maximum Gasteiger partial charge on any atom is 0.227 e. The Bertz CT molecular complexity index is 683. The number of hydrogen-bond donors (Lipinski definition) is 2. The van der Waals surface area contributed by atoms with Crippen molar-refractivity contribution in [1.82, 2.24) is 10.6 Å². The van der Waals surface area contributed by atoms with Crippen LogP contribution in [0.1, 0.15) is 31.0 Å². The Hall–Kier alpha value is -2.33. The minimum atomic E-state index is -0.599. The molecule has 0 aliphatic carbocycles. The number of rotatable bonds is 8. The fourth-order valence-corrected chi connectivity index (χ4v) is 3.09. The van der Waals surface area contributed by atoms with Crippen LogP contribution in [0.25, 0.3) is 0 Å². The number of carbonyl (C=O) groups excluding carboxylic acids is 1. The molecule has 0 aliphatic heterocycles. The first-order valence-electron chi connectivity index (χ1n) is 8.62. The Balaban J connectivity index is 2.04. The number of methoxy groups -OCH3 is 1. The lowest BCUT2D eigenvalue weighted by Crippen LogP contribution is -2.45. The molecule has 0 saturated heterocycles. The second-order valence-electron chi connectivity index (χ2n) is 6.71. The second kappa shape index (κ2) is 8.67. The fraction of sp³-hybridized carbons (Fsp3) is 0.381. The van der Waals surface area contributed by atoms with Crippen molar-refractivity contribution >= 4 is 5.91 Å². The van der Waals surface area contributed by atoms with Crippen molar-refractivity contribution in [3.8, 4) is 5.75 Å². The standard InChI is InChI=1S/C21H28N2O2/c1-21(2,19(22-3)17-11-8-12-18(15-17)25-4)20(24)23-14-13-16-9-6-5-7-10-16/h5-12,15,19,22H,13-14H2,1-4H3,(H,23,24). The molecule has 25 heavy (non-hydrogen) atoms. The summed E-state index contributed by atoms with van der Waals surface area (Å²) in [6, 6.07) is 17.9. The first-order chi connectivity index (χ1) is 12.0. The Labute approximate surface area is 150 Å². The smallest absolute Gasteiger partial charge is 0.227 e. The van der Waals surface area contributed by atoms with Crippen molar-refractivity contribution in [2.45, 2.75) is 26.3 Å². The number of carbonyl (C=O) groups is 1. The third kappa shape index (κ3) is 4.83. The van der Waals surface area contributed by atoms with E-state index in [4.69, 9.17) is 4.74 Å². The molecule has 2 N–H and O–H groups in total. The molecule has 2 rings (SSSR count). The van der Waals surface area contributed by atoms with Gasteiger partial charge in [0.1, 0.15) is 5.75 Å². The van der Waals surface area contributed by atoms with Crippen LogP contribution in [0.3, 0.4) is 0 Å². The Morgan fingerprint density at radius 1 is 1.12 bits per heavy atom. The van der Waals surface area contributed by atoms with Crippen LogP contribution in [0, 0.1) is 5.41 Å². The molecule has 1 atom stereocenters. The Morgan fingerprint density at radius 3 is 2.48 bits per heavy atom. The van der Waals surface area contributed by atoms with Crippen molar-refractivity contribution in [2.24, 2.45) is 5.41 Å². The Kier molecular flexibility index (Phi) is 6.59. The molecule has 0 bridgehead atoms.